The van der Waals surface area contributed by atoms with Crippen molar-refractivity contribution in [1.82, 2.24) is 0 Å². The Morgan fingerprint density at radius 1 is 0.720 bits per heavy atom. The fourth-order valence-corrected chi connectivity index (χ4v) is 4.05. The van der Waals surface area contributed by atoms with Crippen LogP contribution in [0.25, 0.3) is 11.1 Å². The molecule has 2 rings (SSSR count). The van der Waals surface area contributed by atoms with Gasteiger partial charge in [0.15, 0.2) is 0 Å². The smallest absolute Gasteiger partial charge is 0.0107 e. The number of hydrogen-bond acceptors (Lipinski definition) is 0. The highest BCUT2D eigenvalue weighted by atomic mass is 31.0. The van der Waals surface area contributed by atoms with E-state index in [9.17, 15) is 0 Å². The van der Waals surface area contributed by atoms with Crippen LogP contribution in [0.2, 0.25) is 0 Å². The third-order valence-electron chi connectivity index (χ3n) is 4.49. The molecule has 0 radical (unpaired) electrons. The van der Waals surface area contributed by atoms with Crippen molar-refractivity contribution in [1.29, 1.82) is 0 Å². The SMILES string of the molecule is CC(C)Cc1cc(CC(C)C)c(-c2ccccc2P)c(CC(C)C)c1. The van der Waals surface area contributed by atoms with E-state index >= 15 is 0 Å². The lowest BCUT2D eigenvalue weighted by atomic mass is 9.84. The van der Waals surface area contributed by atoms with Crippen molar-refractivity contribution in [3.63, 3.8) is 0 Å². The van der Waals surface area contributed by atoms with Crippen molar-refractivity contribution in [2.75, 3.05) is 0 Å². The van der Waals surface area contributed by atoms with Gasteiger partial charge in [0.25, 0.3) is 0 Å². The second kappa shape index (κ2) is 9.00. The summed E-state index contributed by atoms with van der Waals surface area (Å²) in [5.41, 5.74) is 7.43. The van der Waals surface area contributed by atoms with Gasteiger partial charge in [-0.2, -0.15) is 0 Å². The van der Waals surface area contributed by atoms with Crippen LogP contribution in [0.1, 0.15) is 58.2 Å². The van der Waals surface area contributed by atoms with Gasteiger partial charge in [-0.05, 0) is 70.1 Å². The van der Waals surface area contributed by atoms with Crippen molar-refractivity contribution < 1.29 is 0 Å². The van der Waals surface area contributed by atoms with E-state index in [0.29, 0.717) is 17.8 Å². The zero-order chi connectivity index (χ0) is 18.6. The van der Waals surface area contributed by atoms with E-state index in [1.165, 1.54) is 39.5 Å². The molecule has 0 aliphatic carbocycles. The molecule has 0 fully saturated rings. The molecule has 1 unspecified atom stereocenters. The lowest BCUT2D eigenvalue weighted by Crippen LogP contribution is -2.09. The lowest BCUT2D eigenvalue weighted by molar-refractivity contribution is 0.626. The van der Waals surface area contributed by atoms with Crippen LogP contribution in [-0.2, 0) is 19.3 Å². The summed E-state index contributed by atoms with van der Waals surface area (Å²) in [7, 11) is 2.93. The van der Waals surface area contributed by atoms with E-state index in [-0.39, 0.29) is 0 Å². The van der Waals surface area contributed by atoms with Gasteiger partial charge in [0.05, 0.1) is 0 Å². The molecular weight excluding hydrogens is 319 g/mol. The maximum Gasteiger partial charge on any atom is -0.0107 e. The molecule has 2 aromatic carbocycles. The topological polar surface area (TPSA) is 0 Å². The van der Waals surface area contributed by atoms with E-state index < -0.39 is 0 Å². The van der Waals surface area contributed by atoms with Crippen LogP contribution in [0.15, 0.2) is 36.4 Å². The zero-order valence-electron chi connectivity index (χ0n) is 16.9. The molecule has 0 aliphatic rings. The molecule has 1 heteroatoms. The van der Waals surface area contributed by atoms with Gasteiger partial charge >= 0.3 is 0 Å². The summed E-state index contributed by atoms with van der Waals surface area (Å²) in [5, 5.41) is 1.30. The Kier molecular flexibility index (Phi) is 7.26. The lowest BCUT2D eigenvalue weighted by Gasteiger charge is -2.22. The minimum absolute atomic E-state index is 0.664. The van der Waals surface area contributed by atoms with Crippen molar-refractivity contribution in [3.8, 4) is 11.1 Å². The Labute approximate surface area is 157 Å². The molecule has 0 saturated carbocycles. The molecule has 0 amide bonds. The van der Waals surface area contributed by atoms with Crippen LogP contribution < -0.4 is 5.30 Å². The van der Waals surface area contributed by atoms with Gasteiger partial charge in [0, 0.05) is 0 Å². The van der Waals surface area contributed by atoms with Crippen LogP contribution in [0.5, 0.6) is 0 Å². The molecule has 1 atom stereocenters. The molecule has 25 heavy (non-hydrogen) atoms. The normalized spacial score (nSPS) is 11.8. The molecule has 0 bridgehead atoms. The first kappa shape index (κ1) is 20.2. The highest BCUT2D eigenvalue weighted by Crippen LogP contribution is 2.33. The predicted molar refractivity (Wildman–Crippen MR) is 117 cm³/mol. The van der Waals surface area contributed by atoms with Crippen LogP contribution in [0, 0.1) is 17.8 Å². The Balaban J connectivity index is 2.69. The Morgan fingerprint density at radius 2 is 1.20 bits per heavy atom. The van der Waals surface area contributed by atoms with Gasteiger partial charge in [-0.1, -0.05) is 77.9 Å². The van der Waals surface area contributed by atoms with Crippen molar-refractivity contribution in [2.45, 2.75) is 60.8 Å². The number of hydrogen-bond donors (Lipinski definition) is 0. The molecule has 0 heterocycles. The number of benzene rings is 2. The summed E-state index contributed by atoms with van der Waals surface area (Å²) in [6.45, 7) is 13.9. The van der Waals surface area contributed by atoms with Gasteiger partial charge in [0.1, 0.15) is 0 Å². The number of rotatable bonds is 7. The van der Waals surface area contributed by atoms with Crippen LogP contribution in [0.3, 0.4) is 0 Å². The molecular formula is C24H35P. The quantitative estimate of drug-likeness (QED) is 0.501. The van der Waals surface area contributed by atoms with Crippen LogP contribution in [0.4, 0.5) is 0 Å². The summed E-state index contributed by atoms with van der Waals surface area (Å²) in [4.78, 5) is 0. The van der Waals surface area contributed by atoms with Gasteiger partial charge in [0.2, 0.25) is 0 Å². The van der Waals surface area contributed by atoms with Crippen molar-refractivity contribution in [2.24, 2.45) is 17.8 Å². The van der Waals surface area contributed by atoms with E-state index in [4.69, 9.17) is 0 Å². The van der Waals surface area contributed by atoms with Gasteiger partial charge in [-0.15, -0.1) is 9.24 Å². The second-order valence-corrected chi connectivity index (χ2v) is 9.29. The van der Waals surface area contributed by atoms with E-state index in [1.807, 2.05) is 0 Å². The Bertz CT molecular complexity index is 664. The summed E-state index contributed by atoms with van der Waals surface area (Å²) in [6.07, 6.45) is 3.45. The molecule has 136 valence electrons. The molecule has 0 saturated heterocycles. The molecule has 0 spiro atoms. The molecule has 0 nitrogen and oxygen atoms in total. The van der Waals surface area contributed by atoms with Crippen molar-refractivity contribution >= 4 is 14.5 Å². The summed E-state index contributed by atoms with van der Waals surface area (Å²) in [5.74, 6) is 2.02. The minimum Gasteiger partial charge on any atom is -0.105 e. The summed E-state index contributed by atoms with van der Waals surface area (Å²) in [6, 6.07) is 13.8. The van der Waals surface area contributed by atoms with Gasteiger partial charge in [-0.25, -0.2) is 0 Å². The highest BCUT2D eigenvalue weighted by molar-refractivity contribution is 7.28. The predicted octanol–water partition coefficient (Wildman–Crippen LogP) is 6.45. The maximum atomic E-state index is 2.93. The third kappa shape index (κ3) is 5.68. The first-order chi connectivity index (χ1) is 11.8. The summed E-state index contributed by atoms with van der Waals surface area (Å²) >= 11 is 0. The maximum absolute atomic E-state index is 2.93. The summed E-state index contributed by atoms with van der Waals surface area (Å²) < 4.78 is 0. The van der Waals surface area contributed by atoms with Crippen LogP contribution >= 0.6 is 9.24 Å². The fourth-order valence-electron chi connectivity index (χ4n) is 3.70. The standard InChI is InChI=1S/C24H35P/c1-16(2)11-19-14-20(12-17(3)4)24(21(15-19)13-18(5)6)22-9-7-8-10-23(22)25/h7-10,14-18H,11-13,25H2,1-6H3. The molecule has 0 N–H and O–H groups in total. The second-order valence-electron chi connectivity index (χ2n) is 8.67. The average Bonchev–Trinajstić information content (AvgIpc) is 2.46. The Hall–Kier alpha value is -1.13. The average molecular weight is 355 g/mol. The molecule has 0 aliphatic heterocycles. The van der Waals surface area contributed by atoms with Gasteiger partial charge < -0.3 is 0 Å². The minimum atomic E-state index is 0.664. The highest BCUT2D eigenvalue weighted by Gasteiger charge is 2.17. The zero-order valence-corrected chi connectivity index (χ0v) is 18.0. The van der Waals surface area contributed by atoms with Crippen molar-refractivity contribution in [3.05, 3.63) is 53.1 Å². The monoisotopic (exact) mass is 354 g/mol. The molecule has 0 aromatic heterocycles. The third-order valence-corrected chi connectivity index (χ3v) is 5.00. The van der Waals surface area contributed by atoms with Gasteiger partial charge in [-0.3, -0.25) is 0 Å². The Morgan fingerprint density at radius 3 is 1.64 bits per heavy atom. The molecule has 2 aromatic rings. The van der Waals surface area contributed by atoms with E-state index in [1.54, 1.807) is 0 Å². The van der Waals surface area contributed by atoms with E-state index in [0.717, 1.165) is 12.8 Å². The van der Waals surface area contributed by atoms with E-state index in [2.05, 4.69) is 87.2 Å². The fraction of sp³-hybridized carbons (Fsp3) is 0.500. The largest absolute Gasteiger partial charge is 0.105 e. The van der Waals surface area contributed by atoms with Crippen LogP contribution in [-0.4, -0.2) is 0 Å². The first-order valence-electron chi connectivity index (χ1n) is 9.77. The first-order valence-corrected chi connectivity index (χ1v) is 10.3.